The van der Waals surface area contributed by atoms with Gasteiger partial charge in [-0.2, -0.15) is 0 Å². The molecule has 1 N–H and O–H groups in total. The lowest BCUT2D eigenvalue weighted by Gasteiger charge is -2.24. The number of rotatable bonds is 4. The number of nitrogens with zero attached hydrogens (tertiary/aromatic N) is 1. The summed E-state index contributed by atoms with van der Waals surface area (Å²) >= 11 is 1.52. The smallest absolute Gasteiger partial charge is 0.410 e. The zero-order valence-electron chi connectivity index (χ0n) is 14.4. The summed E-state index contributed by atoms with van der Waals surface area (Å²) in [6, 6.07) is 5.02. The fourth-order valence-corrected chi connectivity index (χ4v) is 2.83. The van der Waals surface area contributed by atoms with Crippen molar-refractivity contribution in [3.63, 3.8) is 0 Å². The molecule has 0 aliphatic carbocycles. The Balaban J connectivity index is 2.05. The molecule has 1 fully saturated rings. The fraction of sp³-hybridized carbons (Fsp3) is 0.529. The molecule has 0 spiro atoms. The Labute approximate surface area is 146 Å². The van der Waals surface area contributed by atoms with E-state index < -0.39 is 11.6 Å². The Morgan fingerprint density at radius 1 is 1.33 bits per heavy atom. The van der Waals surface area contributed by atoms with Crippen LogP contribution in [0, 0.1) is 0 Å². The van der Waals surface area contributed by atoms with Gasteiger partial charge in [0.15, 0.2) is 0 Å². The number of hydrogen-bond donors (Lipinski definition) is 1. The van der Waals surface area contributed by atoms with Gasteiger partial charge in [-0.15, -0.1) is 11.8 Å². The van der Waals surface area contributed by atoms with Gasteiger partial charge >= 0.3 is 12.1 Å². The number of thioether (sulfide) groups is 1. The number of hydrogen-bond acceptors (Lipinski definition) is 5. The summed E-state index contributed by atoms with van der Waals surface area (Å²) in [5.41, 5.74) is -0.414. The van der Waals surface area contributed by atoms with Crippen LogP contribution in [0.3, 0.4) is 0 Å². The zero-order valence-corrected chi connectivity index (χ0v) is 15.2. The van der Waals surface area contributed by atoms with E-state index >= 15 is 0 Å². The summed E-state index contributed by atoms with van der Waals surface area (Å²) in [6.45, 7) is 6.38. The number of carboxylic acid groups (broad SMARTS) is 1. The molecular weight excluding hydrogens is 330 g/mol. The van der Waals surface area contributed by atoms with Gasteiger partial charge in [-0.25, -0.2) is 9.59 Å². The summed E-state index contributed by atoms with van der Waals surface area (Å²) in [5.74, 6) is -0.690. The van der Waals surface area contributed by atoms with Crippen LogP contribution in [0.15, 0.2) is 23.1 Å². The molecule has 0 aromatic heterocycles. The molecule has 0 bridgehead atoms. The van der Waals surface area contributed by atoms with E-state index in [4.69, 9.17) is 9.47 Å². The molecule has 2 rings (SSSR count). The maximum Gasteiger partial charge on any atom is 0.410 e. The summed E-state index contributed by atoms with van der Waals surface area (Å²) in [6.07, 6.45) is 1.94. The highest BCUT2D eigenvalue weighted by Crippen LogP contribution is 2.28. The Hall–Kier alpha value is -1.89. The van der Waals surface area contributed by atoms with Crippen molar-refractivity contribution in [1.82, 2.24) is 4.90 Å². The van der Waals surface area contributed by atoms with Crippen LogP contribution in [0.4, 0.5) is 4.79 Å². The molecule has 1 aliphatic rings. The zero-order chi connectivity index (χ0) is 17.9. The molecule has 1 saturated heterocycles. The van der Waals surface area contributed by atoms with E-state index in [2.05, 4.69) is 0 Å². The minimum absolute atomic E-state index is 0.128. The Bertz CT molecular complexity index is 626. The molecule has 132 valence electrons. The summed E-state index contributed by atoms with van der Waals surface area (Å²) in [5, 5.41) is 9.30. The quantitative estimate of drug-likeness (QED) is 0.835. The SMILES string of the molecule is CSc1ccc(C(=O)O)c(O[C@H]2CCN(C(=O)OC(C)(C)C)C2)c1. The maximum absolute atomic E-state index is 12.1. The van der Waals surface area contributed by atoms with Gasteiger partial charge in [-0.3, -0.25) is 0 Å². The van der Waals surface area contributed by atoms with E-state index in [0.29, 0.717) is 25.3 Å². The van der Waals surface area contributed by atoms with E-state index in [1.54, 1.807) is 23.1 Å². The van der Waals surface area contributed by atoms with Crippen molar-refractivity contribution in [1.29, 1.82) is 0 Å². The van der Waals surface area contributed by atoms with Crippen molar-refractivity contribution in [3.8, 4) is 5.75 Å². The minimum atomic E-state index is -1.03. The Kier molecular flexibility index (Phi) is 5.64. The topological polar surface area (TPSA) is 76.1 Å². The number of carbonyl (C=O) groups excluding carboxylic acids is 1. The molecule has 1 amide bonds. The molecule has 1 atom stereocenters. The highest BCUT2D eigenvalue weighted by atomic mass is 32.2. The minimum Gasteiger partial charge on any atom is -0.488 e. The van der Waals surface area contributed by atoms with E-state index in [9.17, 15) is 14.7 Å². The van der Waals surface area contributed by atoms with Gasteiger partial charge in [0.05, 0.1) is 6.54 Å². The number of ether oxygens (including phenoxy) is 2. The standard InChI is InChI=1S/C17H23NO5S/c1-17(2,3)23-16(21)18-8-7-11(10-18)22-14-9-12(24-4)5-6-13(14)15(19)20/h5-6,9,11H,7-8,10H2,1-4H3,(H,19,20)/t11-/m0/s1. The Morgan fingerprint density at radius 3 is 2.62 bits per heavy atom. The summed E-state index contributed by atoms with van der Waals surface area (Å²) in [7, 11) is 0. The lowest BCUT2D eigenvalue weighted by atomic mass is 10.2. The number of aromatic carboxylic acids is 1. The van der Waals surface area contributed by atoms with Crippen LogP contribution < -0.4 is 4.74 Å². The highest BCUT2D eigenvalue weighted by Gasteiger charge is 2.31. The lowest BCUT2D eigenvalue weighted by Crippen LogP contribution is -2.36. The van der Waals surface area contributed by atoms with Crippen LogP contribution >= 0.6 is 11.8 Å². The van der Waals surface area contributed by atoms with E-state index in [-0.39, 0.29) is 17.8 Å². The predicted molar refractivity (Wildman–Crippen MR) is 92.0 cm³/mol. The molecular formula is C17H23NO5S. The van der Waals surface area contributed by atoms with Crippen LogP contribution in [0.5, 0.6) is 5.75 Å². The summed E-state index contributed by atoms with van der Waals surface area (Å²) in [4.78, 5) is 26.0. The van der Waals surface area contributed by atoms with Gasteiger partial charge in [0.25, 0.3) is 0 Å². The second kappa shape index (κ2) is 7.34. The van der Waals surface area contributed by atoms with Crippen LogP contribution in [0.2, 0.25) is 0 Å². The first-order valence-electron chi connectivity index (χ1n) is 7.75. The van der Waals surface area contributed by atoms with Crippen LogP contribution in [0.1, 0.15) is 37.6 Å². The van der Waals surface area contributed by atoms with Gasteiger partial charge in [0, 0.05) is 17.9 Å². The van der Waals surface area contributed by atoms with Gasteiger partial charge in [0.2, 0.25) is 0 Å². The van der Waals surface area contributed by atoms with Crippen LogP contribution in [0.25, 0.3) is 0 Å². The average Bonchev–Trinajstić information content (AvgIpc) is 2.93. The number of carboxylic acids is 1. The number of likely N-dealkylation sites (tertiary alicyclic amines) is 1. The van der Waals surface area contributed by atoms with Gasteiger partial charge < -0.3 is 19.5 Å². The monoisotopic (exact) mass is 353 g/mol. The molecule has 24 heavy (non-hydrogen) atoms. The van der Waals surface area contributed by atoms with Crippen LogP contribution in [-0.4, -0.2) is 53.1 Å². The first-order chi connectivity index (χ1) is 11.2. The predicted octanol–water partition coefficient (Wildman–Crippen LogP) is 3.49. The van der Waals surface area contributed by atoms with Crippen molar-refractivity contribution in [3.05, 3.63) is 23.8 Å². The van der Waals surface area contributed by atoms with Crippen molar-refractivity contribution in [2.45, 2.75) is 43.8 Å². The third-order valence-electron chi connectivity index (χ3n) is 3.51. The average molecular weight is 353 g/mol. The highest BCUT2D eigenvalue weighted by molar-refractivity contribution is 7.98. The molecule has 0 radical (unpaired) electrons. The van der Waals surface area contributed by atoms with Gasteiger partial charge in [-0.05, 0) is 45.2 Å². The molecule has 6 nitrogen and oxygen atoms in total. The number of amides is 1. The van der Waals surface area contributed by atoms with Crippen LogP contribution in [-0.2, 0) is 4.74 Å². The molecule has 1 heterocycles. The molecule has 1 aromatic carbocycles. The first kappa shape index (κ1) is 18.4. The maximum atomic E-state index is 12.1. The van der Waals surface area contributed by atoms with Gasteiger partial charge in [-0.1, -0.05) is 0 Å². The summed E-state index contributed by atoms with van der Waals surface area (Å²) < 4.78 is 11.2. The molecule has 1 aromatic rings. The number of carbonyl (C=O) groups is 2. The third-order valence-corrected chi connectivity index (χ3v) is 4.23. The van der Waals surface area contributed by atoms with E-state index in [0.717, 1.165) is 4.90 Å². The van der Waals surface area contributed by atoms with Crippen molar-refractivity contribution in [2.75, 3.05) is 19.3 Å². The van der Waals surface area contributed by atoms with E-state index in [1.165, 1.54) is 11.8 Å². The van der Waals surface area contributed by atoms with Crippen molar-refractivity contribution >= 4 is 23.8 Å². The van der Waals surface area contributed by atoms with Crippen molar-refractivity contribution in [2.24, 2.45) is 0 Å². The largest absolute Gasteiger partial charge is 0.488 e. The second-order valence-corrected chi connectivity index (χ2v) is 7.50. The molecule has 7 heteroatoms. The first-order valence-corrected chi connectivity index (χ1v) is 8.98. The molecule has 1 aliphatic heterocycles. The Morgan fingerprint density at radius 2 is 2.04 bits per heavy atom. The normalized spacial score (nSPS) is 17.7. The van der Waals surface area contributed by atoms with Crippen molar-refractivity contribution < 1.29 is 24.2 Å². The fourth-order valence-electron chi connectivity index (χ4n) is 2.40. The molecule has 0 unspecified atom stereocenters. The number of benzene rings is 1. The van der Waals surface area contributed by atoms with E-state index in [1.807, 2.05) is 27.0 Å². The lowest BCUT2D eigenvalue weighted by molar-refractivity contribution is 0.0274. The second-order valence-electron chi connectivity index (χ2n) is 6.62. The molecule has 0 saturated carbocycles. The van der Waals surface area contributed by atoms with Gasteiger partial charge in [0.1, 0.15) is 23.0 Å². The third kappa shape index (κ3) is 4.80.